The highest BCUT2D eigenvalue weighted by atomic mass is 16.2. The van der Waals surface area contributed by atoms with Crippen molar-refractivity contribution in [3.8, 4) is 0 Å². The number of nitrogens with one attached hydrogen (secondary N) is 2. The van der Waals surface area contributed by atoms with Crippen LogP contribution in [0.1, 0.15) is 77.6 Å². The fraction of sp³-hybridized carbons (Fsp3) is 0.731. The number of rotatable bonds is 5. The van der Waals surface area contributed by atoms with Crippen LogP contribution in [0.5, 0.6) is 0 Å². The Hall–Kier alpha value is -1.71. The van der Waals surface area contributed by atoms with Crippen LogP contribution in [-0.2, 0) is 0 Å². The van der Waals surface area contributed by atoms with Gasteiger partial charge in [0, 0.05) is 31.5 Å². The van der Waals surface area contributed by atoms with Crippen molar-refractivity contribution in [3.05, 3.63) is 24.3 Å². The summed E-state index contributed by atoms with van der Waals surface area (Å²) in [6, 6.07) is 8.35. The van der Waals surface area contributed by atoms with E-state index in [1.807, 2.05) is 26.2 Å². The van der Waals surface area contributed by atoms with Gasteiger partial charge in [-0.2, -0.15) is 0 Å². The number of nitrogens with zero attached hydrogens (tertiary/aromatic N) is 1. The molecule has 3 fully saturated rings. The summed E-state index contributed by atoms with van der Waals surface area (Å²) in [5.74, 6) is 2.46. The number of urea groups is 1. The van der Waals surface area contributed by atoms with Crippen molar-refractivity contribution in [1.29, 1.82) is 0 Å². The van der Waals surface area contributed by atoms with Crippen molar-refractivity contribution in [1.82, 2.24) is 5.32 Å². The van der Waals surface area contributed by atoms with Crippen molar-refractivity contribution in [2.45, 2.75) is 83.6 Å². The molecule has 0 spiro atoms. The molecule has 0 aromatic heterocycles. The van der Waals surface area contributed by atoms with Gasteiger partial charge in [-0.25, -0.2) is 4.79 Å². The molecule has 3 saturated carbocycles. The van der Waals surface area contributed by atoms with Crippen LogP contribution < -0.4 is 15.5 Å². The van der Waals surface area contributed by atoms with Crippen LogP contribution in [0, 0.1) is 23.2 Å². The van der Waals surface area contributed by atoms with E-state index >= 15 is 0 Å². The molecule has 1 unspecified atom stereocenters. The Labute approximate surface area is 183 Å². The topological polar surface area (TPSA) is 44.4 Å². The number of benzene rings is 1. The van der Waals surface area contributed by atoms with Gasteiger partial charge >= 0.3 is 6.03 Å². The van der Waals surface area contributed by atoms with Gasteiger partial charge in [0.2, 0.25) is 0 Å². The molecular formula is C26H41N3O. The van der Waals surface area contributed by atoms with Crippen molar-refractivity contribution < 1.29 is 4.79 Å². The predicted molar refractivity (Wildman–Crippen MR) is 126 cm³/mol. The van der Waals surface area contributed by atoms with Gasteiger partial charge < -0.3 is 15.5 Å². The maximum atomic E-state index is 13.0. The van der Waals surface area contributed by atoms with E-state index in [2.05, 4.69) is 34.6 Å². The van der Waals surface area contributed by atoms with E-state index < -0.39 is 0 Å². The normalized spacial score (nSPS) is 30.4. The van der Waals surface area contributed by atoms with E-state index in [9.17, 15) is 4.79 Å². The smallest absolute Gasteiger partial charge is 0.319 e. The van der Waals surface area contributed by atoms with E-state index in [0.29, 0.717) is 6.04 Å². The van der Waals surface area contributed by atoms with Crippen LogP contribution in [-0.4, -0.2) is 26.2 Å². The average Bonchev–Trinajstić information content (AvgIpc) is 3.44. The van der Waals surface area contributed by atoms with Gasteiger partial charge in [-0.3, -0.25) is 0 Å². The Morgan fingerprint density at radius 1 is 0.933 bits per heavy atom. The first-order chi connectivity index (χ1) is 14.5. The molecule has 0 radical (unpaired) electrons. The molecule has 3 atom stereocenters. The Bertz CT molecular complexity index is 703. The molecule has 3 aliphatic rings. The number of hydrogen-bond acceptors (Lipinski definition) is 2. The fourth-order valence-electron chi connectivity index (χ4n) is 6.68. The standard InChI is InChI=1S/C26H41N3O/c1-26(21-10-6-7-11-21)17-16-20(19-8-4-5-9-19)18-24(26)28-25(30)27-22-12-14-23(15-13-22)29(2)3/h12-15,19-21,24H,4-11,16-18H2,1-3H3,(H2,27,28,30)/t20-,24-,26?/m0/s1. The molecule has 30 heavy (non-hydrogen) atoms. The Kier molecular flexibility index (Phi) is 6.60. The molecule has 2 N–H and O–H groups in total. The van der Waals surface area contributed by atoms with Crippen molar-refractivity contribution in [2.75, 3.05) is 24.3 Å². The second-order valence-electron chi connectivity index (χ2n) is 10.7. The molecule has 4 heteroatoms. The predicted octanol–water partition coefficient (Wildman–Crippen LogP) is 6.43. The number of amides is 2. The molecule has 166 valence electrons. The van der Waals surface area contributed by atoms with Crippen molar-refractivity contribution >= 4 is 17.4 Å². The van der Waals surface area contributed by atoms with E-state index in [-0.39, 0.29) is 11.4 Å². The minimum atomic E-state index is -0.0334. The monoisotopic (exact) mass is 411 g/mol. The van der Waals surface area contributed by atoms with Gasteiger partial charge in [0.15, 0.2) is 0 Å². The van der Waals surface area contributed by atoms with Crippen LogP contribution in [0.4, 0.5) is 16.2 Å². The zero-order chi connectivity index (χ0) is 21.1. The highest BCUT2D eigenvalue weighted by Crippen LogP contribution is 2.52. The molecule has 0 aliphatic heterocycles. The molecule has 1 aromatic rings. The van der Waals surface area contributed by atoms with Gasteiger partial charge in [-0.1, -0.05) is 45.4 Å². The largest absolute Gasteiger partial charge is 0.378 e. The van der Waals surface area contributed by atoms with Crippen LogP contribution >= 0.6 is 0 Å². The molecule has 0 heterocycles. The Morgan fingerprint density at radius 3 is 2.20 bits per heavy atom. The van der Waals surface area contributed by atoms with Gasteiger partial charge in [0.1, 0.15) is 0 Å². The van der Waals surface area contributed by atoms with E-state index in [1.54, 1.807) is 0 Å². The van der Waals surface area contributed by atoms with E-state index in [0.717, 1.165) is 29.1 Å². The van der Waals surface area contributed by atoms with E-state index in [1.165, 1.54) is 70.6 Å². The lowest BCUT2D eigenvalue weighted by Crippen LogP contribution is -2.54. The average molecular weight is 412 g/mol. The number of hydrogen-bond donors (Lipinski definition) is 2. The van der Waals surface area contributed by atoms with Gasteiger partial charge in [-0.05, 0) is 79.5 Å². The van der Waals surface area contributed by atoms with Crippen LogP contribution in [0.25, 0.3) is 0 Å². The number of anilines is 2. The van der Waals surface area contributed by atoms with E-state index in [4.69, 9.17) is 0 Å². The quantitative estimate of drug-likeness (QED) is 0.586. The maximum absolute atomic E-state index is 13.0. The third-order valence-electron chi connectivity index (χ3n) is 8.69. The van der Waals surface area contributed by atoms with Crippen molar-refractivity contribution in [3.63, 3.8) is 0 Å². The first-order valence-electron chi connectivity index (χ1n) is 12.3. The third kappa shape index (κ3) is 4.63. The number of carbonyl (C=O) groups excluding carboxylic acids is 1. The van der Waals surface area contributed by atoms with Gasteiger partial charge in [0.25, 0.3) is 0 Å². The van der Waals surface area contributed by atoms with Gasteiger partial charge in [-0.15, -0.1) is 0 Å². The molecule has 0 bridgehead atoms. The SMILES string of the molecule is CN(C)c1ccc(NC(=O)N[C@H]2C[C@@H](C3CCCC3)CCC2(C)C2CCCC2)cc1. The minimum Gasteiger partial charge on any atom is -0.378 e. The first kappa shape index (κ1) is 21.5. The third-order valence-corrected chi connectivity index (χ3v) is 8.69. The molecule has 4 rings (SSSR count). The molecule has 2 amide bonds. The van der Waals surface area contributed by atoms with Gasteiger partial charge in [0.05, 0.1) is 0 Å². The lowest BCUT2D eigenvalue weighted by Gasteiger charge is -2.49. The summed E-state index contributed by atoms with van der Waals surface area (Å²) in [6.07, 6.45) is 14.9. The maximum Gasteiger partial charge on any atom is 0.319 e. The zero-order valence-electron chi connectivity index (χ0n) is 19.3. The summed E-state index contributed by atoms with van der Waals surface area (Å²) in [6.45, 7) is 2.48. The Balaban J connectivity index is 1.44. The lowest BCUT2D eigenvalue weighted by atomic mass is 9.59. The first-order valence-corrected chi connectivity index (χ1v) is 12.3. The summed E-state index contributed by atoms with van der Waals surface area (Å²) < 4.78 is 0. The molecule has 0 saturated heterocycles. The highest BCUT2D eigenvalue weighted by molar-refractivity contribution is 5.89. The molecule has 1 aromatic carbocycles. The zero-order valence-corrected chi connectivity index (χ0v) is 19.3. The van der Waals surface area contributed by atoms with Crippen LogP contribution in [0.3, 0.4) is 0 Å². The second kappa shape index (κ2) is 9.20. The summed E-state index contributed by atoms with van der Waals surface area (Å²) in [4.78, 5) is 15.1. The summed E-state index contributed by atoms with van der Waals surface area (Å²) in [5.41, 5.74) is 2.25. The lowest BCUT2D eigenvalue weighted by molar-refractivity contribution is 0.0388. The molecule has 4 nitrogen and oxygen atoms in total. The van der Waals surface area contributed by atoms with Crippen molar-refractivity contribution in [2.24, 2.45) is 23.2 Å². The minimum absolute atomic E-state index is 0.0334. The van der Waals surface area contributed by atoms with Crippen LogP contribution in [0.15, 0.2) is 24.3 Å². The second-order valence-corrected chi connectivity index (χ2v) is 10.7. The molecular weight excluding hydrogens is 370 g/mol. The number of carbonyl (C=O) groups is 1. The highest BCUT2D eigenvalue weighted by Gasteiger charge is 2.47. The fourth-order valence-corrected chi connectivity index (χ4v) is 6.68. The summed E-state index contributed by atoms with van der Waals surface area (Å²) >= 11 is 0. The summed E-state index contributed by atoms with van der Waals surface area (Å²) in [5, 5.41) is 6.56. The van der Waals surface area contributed by atoms with Crippen LogP contribution in [0.2, 0.25) is 0 Å². The summed E-state index contributed by atoms with van der Waals surface area (Å²) in [7, 11) is 4.06. The Morgan fingerprint density at radius 2 is 1.57 bits per heavy atom. The molecule has 3 aliphatic carbocycles.